The Kier molecular flexibility index (Phi) is 7.93. The summed E-state index contributed by atoms with van der Waals surface area (Å²) in [5.74, 6) is 1.22. The lowest BCUT2D eigenvalue weighted by Crippen LogP contribution is -2.26. The van der Waals surface area contributed by atoms with Gasteiger partial charge in [-0.3, -0.25) is 4.79 Å². The highest BCUT2D eigenvalue weighted by Gasteiger charge is 2.23. The summed E-state index contributed by atoms with van der Waals surface area (Å²) in [7, 11) is 1.58. The molecule has 1 unspecified atom stereocenters. The van der Waals surface area contributed by atoms with Crippen molar-refractivity contribution >= 4 is 47.3 Å². The van der Waals surface area contributed by atoms with Crippen molar-refractivity contribution in [1.29, 1.82) is 0 Å². The zero-order valence-electron chi connectivity index (χ0n) is 14.8. The molecular weight excluding hydrogens is 423 g/mol. The molecule has 1 heterocycles. The van der Waals surface area contributed by atoms with Crippen LogP contribution in [0.4, 0.5) is 5.82 Å². The Bertz CT molecular complexity index is 901. The quantitative estimate of drug-likeness (QED) is 0.545. The number of anilines is 1. The van der Waals surface area contributed by atoms with E-state index >= 15 is 0 Å². The van der Waals surface area contributed by atoms with E-state index in [1.807, 2.05) is 0 Å². The molecule has 146 valence electrons. The molecule has 0 saturated carbocycles. The number of carbonyl (C=O) groups is 1. The molecule has 3 rings (SSSR count). The maximum Gasteiger partial charge on any atom is 0.271 e. The number of nitrogens with zero attached hydrogens (tertiary/aromatic N) is 1. The van der Waals surface area contributed by atoms with Crippen molar-refractivity contribution in [2.75, 3.05) is 12.4 Å². The molecule has 5 nitrogen and oxygen atoms in total. The van der Waals surface area contributed by atoms with Crippen molar-refractivity contribution in [3.8, 4) is 11.5 Å². The third kappa shape index (κ3) is 5.76. The zero-order chi connectivity index (χ0) is 19.2. The minimum absolute atomic E-state index is 0. The normalized spacial score (nSPS) is 11.1. The molecule has 0 aliphatic rings. The molecule has 0 spiro atoms. The molecule has 0 aliphatic heterocycles. The summed E-state index contributed by atoms with van der Waals surface area (Å²) < 4.78 is 11.1. The zero-order valence-corrected chi connectivity index (χ0v) is 17.1. The molecule has 2 aromatic carbocycles. The SMILES string of the molecule is COc1ccc(OC(C(=O)Nc2ccc(Cl)cn2)c2ccc(Cl)cc2)cc1.Cl. The molecule has 1 N–H and O–H groups in total. The number of carbonyl (C=O) groups excluding carboxylic acids is 1. The fourth-order valence-corrected chi connectivity index (χ4v) is 2.58. The van der Waals surface area contributed by atoms with Gasteiger partial charge < -0.3 is 14.8 Å². The van der Waals surface area contributed by atoms with Gasteiger partial charge in [0.2, 0.25) is 6.10 Å². The number of ether oxygens (including phenoxy) is 2. The van der Waals surface area contributed by atoms with Crippen molar-refractivity contribution in [3.05, 3.63) is 82.5 Å². The van der Waals surface area contributed by atoms with Crippen molar-refractivity contribution in [1.82, 2.24) is 4.98 Å². The third-order valence-electron chi connectivity index (χ3n) is 3.70. The largest absolute Gasteiger partial charge is 0.497 e. The highest BCUT2D eigenvalue weighted by molar-refractivity contribution is 6.30. The van der Waals surface area contributed by atoms with E-state index in [4.69, 9.17) is 32.7 Å². The van der Waals surface area contributed by atoms with Gasteiger partial charge in [0.05, 0.1) is 12.1 Å². The summed E-state index contributed by atoms with van der Waals surface area (Å²) >= 11 is 11.8. The van der Waals surface area contributed by atoms with Crippen LogP contribution >= 0.6 is 35.6 Å². The molecule has 0 saturated heterocycles. The summed E-state index contributed by atoms with van der Waals surface area (Å²) in [4.78, 5) is 16.9. The Balaban J connectivity index is 0.00000280. The minimum atomic E-state index is -0.895. The van der Waals surface area contributed by atoms with Crippen LogP contribution in [-0.4, -0.2) is 18.0 Å². The van der Waals surface area contributed by atoms with Crippen LogP contribution in [0.15, 0.2) is 66.9 Å². The first-order valence-corrected chi connectivity index (χ1v) is 8.79. The van der Waals surface area contributed by atoms with Crippen LogP contribution in [0.25, 0.3) is 0 Å². The standard InChI is InChI=1S/C20H16Cl2N2O3.ClH/c1-26-16-7-9-17(10-8-16)27-19(13-2-4-14(21)5-3-13)20(25)24-18-11-6-15(22)12-23-18;/h2-12,19H,1H3,(H,23,24,25);1H. The van der Waals surface area contributed by atoms with Crippen LogP contribution in [0, 0.1) is 0 Å². The fraction of sp³-hybridized carbons (Fsp3) is 0.100. The monoisotopic (exact) mass is 438 g/mol. The molecule has 1 aromatic heterocycles. The number of rotatable bonds is 6. The van der Waals surface area contributed by atoms with Crippen LogP contribution in [0.2, 0.25) is 10.0 Å². The number of nitrogens with one attached hydrogen (secondary N) is 1. The fourth-order valence-electron chi connectivity index (χ4n) is 2.34. The average molecular weight is 440 g/mol. The molecule has 28 heavy (non-hydrogen) atoms. The molecule has 0 aliphatic carbocycles. The van der Waals surface area contributed by atoms with E-state index in [1.165, 1.54) is 6.20 Å². The van der Waals surface area contributed by atoms with Crippen LogP contribution < -0.4 is 14.8 Å². The van der Waals surface area contributed by atoms with E-state index in [0.29, 0.717) is 32.9 Å². The summed E-state index contributed by atoms with van der Waals surface area (Å²) in [5, 5.41) is 3.79. The second-order valence-electron chi connectivity index (χ2n) is 5.58. The Hall–Kier alpha value is -2.47. The molecule has 3 aromatic rings. The molecule has 0 bridgehead atoms. The molecule has 1 atom stereocenters. The van der Waals surface area contributed by atoms with Gasteiger partial charge in [-0.25, -0.2) is 4.98 Å². The molecule has 1 amide bonds. The number of halogens is 3. The number of aromatic nitrogens is 1. The first-order valence-electron chi connectivity index (χ1n) is 8.04. The van der Waals surface area contributed by atoms with Crippen LogP contribution in [-0.2, 0) is 4.79 Å². The first-order chi connectivity index (χ1) is 13.0. The lowest BCUT2D eigenvalue weighted by Gasteiger charge is -2.19. The second-order valence-corrected chi connectivity index (χ2v) is 6.45. The first kappa shape index (κ1) is 21.8. The van der Waals surface area contributed by atoms with Gasteiger partial charge in [0.1, 0.15) is 17.3 Å². The summed E-state index contributed by atoms with van der Waals surface area (Å²) in [5.41, 5.74) is 0.654. The van der Waals surface area contributed by atoms with Crippen molar-refractivity contribution in [2.45, 2.75) is 6.10 Å². The average Bonchev–Trinajstić information content (AvgIpc) is 2.69. The van der Waals surface area contributed by atoms with E-state index in [2.05, 4.69) is 10.3 Å². The lowest BCUT2D eigenvalue weighted by atomic mass is 10.1. The van der Waals surface area contributed by atoms with Gasteiger partial charge in [-0.05, 0) is 48.5 Å². The van der Waals surface area contributed by atoms with Crippen LogP contribution in [0.1, 0.15) is 11.7 Å². The van der Waals surface area contributed by atoms with Gasteiger partial charge in [0.15, 0.2) is 0 Å². The Morgan fingerprint density at radius 2 is 1.54 bits per heavy atom. The Morgan fingerprint density at radius 3 is 2.11 bits per heavy atom. The lowest BCUT2D eigenvalue weighted by molar-refractivity contribution is -0.123. The molecule has 0 radical (unpaired) electrons. The molecular formula is C20H17Cl3N2O3. The number of benzene rings is 2. The number of hydrogen-bond acceptors (Lipinski definition) is 4. The van der Waals surface area contributed by atoms with Crippen molar-refractivity contribution < 1.29 is 14.3 Å². The van der Waals surface area contributed by atoms with Crippen molar-refractivity contribution in [2.24, 2.45) is 0 Å². The Labute approximate surface area is 179 Å². The van der Waals surface area contributed by atoms with E-state index < -0.39 is 6.10 Å². The number of amides is 1. The highest BCUT2D eigenvalue weighted by Crippen LogP contribution is 2.26. The van der Waals surface area contributed by atoms with E-state index in [-0.39, 0.29) is 18.3 Å². The summed E-state index contributed by atoms with van der Waals surface area (Å²) in [6.07, 6.45) is 0.562. The molecule has 0 fully saturated rings. The maximum absolute atomic E-state index is 12.8. The summed E-state index contributed by atoms with van der Waals surface area (Å²) in [6, 6.07) is 17.1. The van der Waals surface area contributed by atoms with E-state index in [1.54, 1.807) is 67.8 Å². The highest BCUT2D eigenvalue weighted by atomic mass is 35.5. The van der Waals surface area contributed by atoms with Gasteiger partial charge in [0, 0.05) is 16.8 Å². The van der Waals surface area contributed by atoms with Gasteiger partial charge in [-0.15, -0.1) is 12.4 Å². The van der Waals surface area contributed by atoms with Gasteiger partial charge in [-0.2, -0.15) is 0 Å². The second kappa shape index (κ2) is 10.2. The van der Waals surface area contributed by atoms with E-state index in [9.17, 15) is 4.79 Å². The topological polar surface area (TPSA) is 60.5 Å². The van der Waals surface area contributed by atoms with Crippen molar-refractivity contribution in [3.63, 3.8) is 0 Å². The van der Waals surface area contributed by atoms with Gasteiger partial charge in [0.25, 0.3) is 5.91 Å². The van der Waals surface area contributed by atoms with Crippen LogP contribution in [0.3, 0.4) is 0 Å². The van der Waals surface area contributed by atoms with E-state index in [0.717, 1.165) is 0 Å². The molecule has 8 heteroatoms. The minimum Gasteiger partial charge on any atom is -0.497 e. The predicted octanol–water partition coefficient (Wildman–Crippen LogP) is 5.58. The number of methoxy groups -OCH3 is 1. The Morgan fingerprint density at radius 1 is 0.929 bits per heavy atom. The van der Waals surface area contributed by atoms with Gasteiger partial charge in [-0.1, -0.05) is 35.3 Å². The summed E-state index contributed by atoms with van der Waals surface area (Å²) in [6.45, 7) is 0. The number of hydrogen-bond donors (Lipinski definition) is 1. The maximum atomic E-state index is 12.8. The van der Waals surface area contributed by atoms with Gasteiger partial charge >= 0.3 is 0 Å². The number of pyridine rings is 1. The van der Waals surface area contributed by atoms with Crippen LogP contribution in [0.5, 0.6) is 11.5 Å². The third-order valence-corrected chi connectivity index (χ3v) is 4.18. The predicted molar refractivity (Wildman–Crippen MR) is 113 cm³/mol. The smallest absolute Gasteiger partial charge is 0.271 e.